The Bertz CT molecular complexity index is 608. The number of nitrogens with zero attached hydrogens (tertiary/aromatic N) is 1. The molecule has 0 atom stereocenters. The van der Waals surface area contributed by atoms with Crippen molar-refractivity contribution in [1.82, 2.24) is 4.98 Å². The molecule has 1 saturated carbocycles. The highest BCUT2D eigenvalue weighted by atomic mass is 35.5. The average molecular weight is 277 g/mol. The van der Waals surface area contributed by atoms with E-state index in [2.05, 4.69) is 16.4 Å². The molecule has 1 aromatic carbocycles. The third kappa shape index (κ3) is 2.28. The van der Waals surface area contributed by atoms with E-state index in [-0.39, 0.29) is 0 Å². The van der Waals surface area contributed by atoms with Gasteiger partial charge in [-0.25, -0.2) is 0 Å². The molecule has 2 aromatic rings. The second-order valence-electron chi connectivity index (χ2n) is 5.12. The molecule has 100 valence electrons. The number of ether oxygens (including phenoxy) is 1. The first-order valence-corrected chi connectivity index (χ1v) is 6.90. The fourth-order valence-electron chi connectivity index (χ4n) is 2.61. The van der Waals surface area contributed by atoms with Crippen LogP contribution in [0.2, 0.25) is 5.02 Å². The molecule has 0 radical (unpaired) electrons. The minimum atomic E-state index is 0.381. The SMILES string of the molecule is COC1CC(Nc2c(Cl)cc(C)c3ncccc23)C1. The maximum Gasteiger partial charge on any atom is 0.0752 e. The molecule has 1 fully saturated rings. The minimum absolute atomic E-state index is 0.381. The molecule has 0 unspecified atom stereocenters. The molecule has 4 heteroatoms. The van der Waals surface area contributed by atoms with Crippen LogP contribution in [0, 0.1) is 6.92 Å². The normalized spacial score (nSPS) is 22.3. The van der Waals surface area contributed by atoms with Crippen LogP contribution in [0.1, 0.15) is 18.4 Å². The molecule has 0 bridgehead atoms. The van der Waals surface area contributed by atoms with E-state index in [4.69, 9.17) is 16.3 Å². The summed E-state index contributed by atoms with van der Waals surface area (Å²) in [4.78, 5) is 4.44. The van der Waals surface area contributed by atoms with Gasteiger partial charge in [-0.1, -0.05) is 11.6 Å². The van der Waals surface area contributed by atoms with Crippen molar-refractivity contribution in [3.63, 3.8) is 0 Å². The summed E-state index contributed by atoms with van der Waals surface area (Å²) in [6.07, 6.45) is 4.26. The second kappa shape index (κ2) is 4.99. The lowest BCUT2D eigenvalue weighted by Gasteiger charge is -2.35. The summed E-state index contributed by atoms with van der Waals surface area (Å²) in [6.45, 7) is 2.04. The van der Waals surface area contributed by atoms with Gasteiger partial charge >= 0.3 is 0 Å². The highest BCUT2D eigenvalue weighted by molar-refractivity contribution is 6.35. The van der Waals surface area contributed by atoms with E-state index in [1.807, 2.05) is 25.3 Å². The molecule has 3 nitrogen and oxygen atoms in total. The number of nitrogens with one attached hydrogen (secondary N) is 1. The van der Waals surface area contributed by atoms with E-state index in [0.29, 0.717) is 12.1 Å². The third-order valence-electron chi connectivity index (χ3n) is 3.81. The molecule has 1 aliphatic rings. The maximum absolute atomic E-state index is 6.38. The van der Waals surface area contributed by atoms with Crippen molar-refractivity contribution in [1.29, 1.82) is 0 Å². The molecule has 0 amide bonds. The topological polar surface area (TPSA) is 34.1 Å². The Kier molecular flexibility index (Phi) is 3.33. The standard InChI is InChI=1S/C15H17ClN2O/c1-9-6-13(16)15(12-4-3-5-17-14(9)12)18-10-7-11(8-10)19-2/h3-6,10-11,18H,7-8H2,1-2H3. The molecule has 1 heterocycles. The summed E-state index contributed by atoms with van der Waals surface area (Å²) in [5.41, 5.74) is 3.11. The highest BCUT2D eigenvalue weighted by Crippen LogP contribution is 2.36. The fourth-order valence-corrected chi connectivity index (χ4v) is 2.93. The summed E-state index contributed by atoms with van der Waals surface area (Å²) >= 11 is 6.38. The number of pyridine rings is 1. The Morgan fingerprint density at radius 1 is 1.42 bits per heavy atom. The molecule has 3 rings (SSSR count). The lowest BCUT2D eigenvalue weighted by atomic mass is 9.89. The number of fused-ring (bicyclic) bond motifs is 1. The predicted octanol–water partition coefficient (Wildman–Crippen LogP) is 3.79. The summed E-state index contributed by atoms with van der Waals surface area (Å²) in [5, 5.41) is 5.38. The monoisotopic (exact) mass is 276 g/mol. The Hall–Kier alpha value is -1.32. The molecule has 1 aromatic heterocycles. The van der Waals surface area contributed by atoms with Gasteiger partial charge in [0, 0.05) is 24.7 Å². The quantitative estimate of drug-likeness (QED) is 0.926. The molecule has 0 aliphatic heterocycles. The first-order valence-electron chi connectivity index (χ1n) is 6.52. The van der Waals surface area contributed by atoms with Crippen LogP contribution < -0.4 is 5.32 Å². The highest BCUT2D eigenvalue weighted by Gasteiger charge is 2.29. The Morgan fingerprint density at radius 2 is 2.21 bits per heavy atom. The second-order valence-corrected chi connectivity index (χ2v) is 5.53. The molecule has 0 spiro atoms. The van der Waals surface area contributed by atoms with Crippen LogP contribution in [-0.2, 0) is 4.74 Å². The van der Waals surface area contributed by atoms with E-state index in [1.165, 1.54) is 0 Å². The number of rotatable bonds is 3. The summed E-state index contributed by atoms with van der Waals surface area (Å²) in [6, 6.07) is 6.43. The van der Waals surface area contributed by atoms with Crippen molar-refractivity contribution >= 4 is 28.2 Å². The predicted molar refractivity (Wildman–Crippen MR) is 78.9 cm³/mol. The van der Waals surface area contributed by atoms with Gasteiger partial charge in [-0.2, -0.15) is 0 Å². The van der Waals surface area contributed by atoms with E-state index in [0.717, 1.165) is 40.0 Å². The summed E-state index contributed by atoms with van der Waals surface area (Å²) in [7, 11) is 1.76. The summed E-state index contributed by atoms with van der Waals surface area (Å²) < 4.78 is 5.31. The number of methoxy groups -OCH3 is 1. The number of halogens is 1. The molecular weight excluding hydrogens is 260 g/mol. The first kappa shape index (κ1) is 12.7. The van der Waals surface area contributed by atoms with E-state index < -0.39 is 0 Å². The van der Waals surface area contributed by atoms with E-state index in [1.54, 1.807) is 7.11 Å². The lowest BCUT2D eigenvalue weighted by molar-refractivity contribution is 0.0329. The van der Waals surface area contributed by atoms with Gasteiger partial charge in [0.2, 0.25) is 0 Å². The zero-order valence-corrected chi connectivity index (χ0v) is 11.9. The molecule has 0 saturated heterocycles. The van der Waals surface area contributed by atoms with Crippen molar-refractivity contribution in [2.75, 3.05) is 12.4 Å². The first-order chi connectivity index (χ1) is 9.19. The van der Waals surface area contributed by atoms with Crippen molar-refractivity contribution in [2.24, 2.45) is 0 Å². The molecular formula is C15H17ClN2O. The van der Waals surface area contributed by atoms with Crippen molar-refractivity contribution in [3.05, 3.63) is 35.0 Å². The Morgan fingerprint density at radius 3 is 2.95 bits per heavy atom. The number of hydrogen-bond donors (Lipinski definition) is 1. The summed E-state index contributed by atoms with van der Waals surface area (Å²) in [5.74, 6) is 0. The van der Waals surface area contributed by atoms with Gasteiger partial charge in [-0.05, 0) is 43.5 Å². The Balaban J connectivity index is 1.94. The number of aryl methyl sites for hydroxylation is 1. The molecule has 1 N–H and O–H groups in total. The number of aromatic nitrogens is 1. The van der Waals surface area contributed by atoms with Gasteiger partial charge in [0.05, 0.1) is 22.3 Å². The van der Waals surface area contributed by atoms with Crippen LogP contribution in [0.15, 0.2) is 24.4 Å². The van der Waals surface area contributed by atoms with Crippen LogP contribution in [0.5, 0.6) is 0 Å². The fraction of sp³-hybridized carbons (Fsp3) is 0.400. The van der Waals surface area contributed by atoms with Crippen LogP contribution in [0.25, 0.3) is 10.9 Å². The molecule has 19 heavy (non-hydrogen) atoms. The van der Waals surface area contributed by atoms with Crippen LogP contribution in [-0.4, -0.2) is 24.2 Å². The third-order valence-corrected chi connectivity index (χ3v) is 4.11. The number of benzene rings is 1. The van der Waals surface area contributed by atoms with Gasteiger partial charge in [-0.15, -0.1) is 0 Å². The van der Waals surface area contributed by atoms with E-state index >= 15 is 0 Å². The maximum atomic E-state index is 6.38. The largest absolute Gasteiger partial charge is 0.381 e. The van der Waals surface area contributed by atoms with Gasteiger partial charge in [0.1, 0.15) is 0 Å². The van der Waals surface area contributed by atoms with Crippen LogP contribution >= 0.6 is 11.6 Å². The smallest absolute Gasteiger partial charge is 0.0752 e. The zero-order chi connectivity index (χ0) is 13.4. The lowest BCUT2D eigenvalue weighted by Crippen LogP contribution is -2.40. The van der Waals surface area contributed by atoms with Gasteiger partial charge in [-0.3, -0.25) is 4.98 Å². The number of hydrogen-bond acceptors (Lipinski definition) is 3. The minimum Gasteiger partial charge on any atom is -0.381 e. The Labute approximate surface area is 117 Å². The average Bonchev–Trinajstić information content (AvgIpc) is 2.36. The zero-order valence-electron chi connectivity index (χ0n) is 11.1. The van der Waals surface area contributed by atoms with Gasteiger partial charge in [0.25, 0.3) is 0 Å². The van der Waals surface area contributed by atoms with Gasteiger partial charge in [0.15, 0.2) is 0 Å². The van der Waals surface area contributed by atoms with Crippen LogP contribution in [0.4, 0.5) is 5.69 Å². The van der Waals surface area contributed by atoms with Gasteiger partial charge < -0.3 is 10.1 Å². The van der Waals surface area contributed by atoms with Crippen molar-refractivity contribution in [3.8, 4) is 0 Å². The van der Waals surface area contributed by atoms with E-state index in [9.17, 15) is 0 Å². The number of anilines is 1. The van der Waals surface area contributed by atoms with Crippen molar-refractivity contribution in [2.45, 2.75) is 31.9 Å². The van der Waals surface area contributed by atoms with Crippen molar-refractivity contribution < 1.29 is 4.74 Å². The van der Waals surface area contributed by atoms with Crippen LogP contribution in [0.3, 0.4) is 0 Å². The molecule has 1 aliphatic carbocycles.